The van der Waals surface area contributed by atoms with Crippen LogP contribution in [0.2, 0.25) is 0 Å². The van der Waals surface area contributed by atoms with Gasteiger partial charge in [0.15, 0.2) is 5.58 Å². The molecule has 1 unspecified atom stereocenters. The molecule has 1 saturated heterocycles. The lowest BCUT2D eigenvalue weighted by Crippen LogP contribution is -2.28. The molecule has 0 spiro atoms. The quantitative estimate of drug-likeness (QED) is 0.841. The molecule has 2 N–H and O–H groups in total. The number of benzene rings is 1. The summed E-state index contributed by atoms with van der Waals surface area (Å²) in [6.45, 7) is 1.67. The number of ether oxygens (including phenoxy) is 1. The van der Waals surface area contributed by atoms with Crippen LogP contribution in [-0.2, 0) is 4.74 Å². The molecule has 5 heteroatoms. The molecule has 0 amide bonds. The summed E-state index contributed by atoms with van der Waals surface area (Å²) >= 11 is 0. The van der Waals surface area contributed by atoms with Crippen molar-refractivity contribution < 1.29 is 9.15 Å². The van der Waals surface area contributed by atoms with Crippen LogP contribution in [0.5, 0.6) is 0 Å². The standard InChI is InChI=1S/C13H17N3O2/c1-16(8-10-3-2-6-17-10)13-15-11-7-9(14)4-5-12(11)18-13/h4-5,7,10H,2-3,6,8,14H2,1H3. The summed E-state index contributed by atoms with van der Waals surface area (Å²) in [5.41, 5.74) is 7.98. The average Bonchev–Trinajstić information content (AvgIpc) is 2.96. The molecule has 0 saturated carbocycles. The smallest absolute Gasteiger partial charge is 0.298 e. The van der Waals surface area contributed by atoms with Crippen LogP contribution in [0.1, 0.15) is 12.8 Å². The van der Waals surface area contributed by atoms with E-state index in [0.29, 0.717) is 11.7 Å². The van der Waals surface area contributed by atoms with Gasteiger partial charge in [-0.05, 0) is 31.0 Å². The van der Waals surface area contributed by atoms with E-state index < -0.39 is 0 Å². The minimum Gasteiger partial charge on any atom is -0.423 e. The van der Waals surface area contributed by atoms with Crippen molar-refractivity contribution >= 4 is 22.8 Å². The third-order valence-electron chi connectivity index (χ3n) is 3.23. The third kappa shape index (κ3) is 2.13. The highest BCUT2D eigenvalue weighted by molar-refractivity contribution is 5.78. The first-order chi connectivity index (χ1) is 8.72. The molecule has 1 aliphatic rings. The summed E-state index contributed by atoms with van der Waals surface area (Å²) in [6, 6.07) is 6.10. The van der Waals surface area contributed by atoms with Crippen LogP contribution in [0.15, 0.2) is 22.6 Å². The highest BCUT2D eigenvalue weighted by Gasteiger charge is 2.20. The molecule has 1 atom stereocenters. The molecular formula is C13H17N3O2. The Labute approximate surface area is 106 Å². The largest absolute Gasteiger partial charge is 0.423 e. The summed E-state index contributed by atoms with van der Waals surface area (Å²) in [4.78, 5) is 6.43. The predicted molar refractivity (Wildman–Crippen MR) is 70.7 cm³/mol. The van der Waals surface area contributed by atoms with Crippen LogP contribution in [0.25, 0.3) is 11.1 Å². The normalized spacial score (nSPS) is 19.5. The van der Waals surface area contributed by atoms with Gasteiger partial charge in [-0.3, -0.25) is 0 Å². The number of oxazole rings is 1. The van der Waals surface area contributed by atoms with Gasteiger partial charge in [-0.2, -0.15) is 4.98 Å². The van der Waals surface area contributed by atoms with Crippen molar-refractivity contribution in [1.29, 1.82) is 0 Å². The van der Waals surface area contributed by atoms with Gasteiger partial charge in [0.25, 0.3) is 6.01 Å². The maximum absolute atomic E-state index is 5.73. The van der Waals surface area contributed by atoms with Gasteiger partial charge in [0, 0.05) is 25.9 Å². The monoisotopic (exact) mass is 247 g/mol. The average molecular weight is 247 g/mol. The van der Waals surface area contributed by atoms with Gasteiger partial charge in [-0.25, -0.2) is 0 Å². The SMILES string of the molecule is CN(CC1CCCO1)c1nc2cc(N)ccc2o1. The number of rotatable bonds is 3. The summed E-state index contributed by atoms with van der Waals surface area (Å²) in [6.07, 6.45) is 2.54. The van der Waals surface area contributed by atoms with Crippen molar-refractivity contribution in [2.45, 2.75) is 18.9 Å². The number of nitrogens with zero attached hydrogens (tertiary/aromatic N) is 2. The number of hydrogen-bond acceptors (Lipinski definition) is 5. The summed E-state index contributed by atoms with van der Waals surface area (Å²) in [5, 5.41) is 0. The molecule has 1 aromatic heterocycles. The molecule has 2 heterocycles. The summed E-state index contributed by atoms with van der Waals surface area (Å²) in [5.74, 6) is 0. The lowest BCUT2D eigenvalue weighted by atomic mass is 10.2. The molecule has 1 fully saturated rings. The highest BCUT2D eigenvalue weighted by Crippen LogP contribution is 2.24. The van der Waals surface area contributed by atoms with E-state index in [1.165, 1.54) is 0 Å². The highest BCUT2D eigenvalue weighted by atomic mass is 16.5. The molecular weight excluding hydrogens is 230 g/mol. The Kier molecular flexibility index (Phi) is 2.83. The first-order valence-electron chi connectivity index (χ1n) is 6.21. The Balaban J connectivity index is 1.80. The van der Waals surface area contributed by atoms with Crippen molar-refractivity contribution in [3.63, 3.8) is 0 Å². The predicted octanol–water partition coefficient (Wildman–Crippen LogP) is 2.03. The van der Waals surface area contributed by atoms with Gasteiger partial charge in [-0.15, -0.1) is 0 Å². The number of aromatic nitrogens is 1. The molecule has 5 nitrogen and oxygen atoms in total. The molecule has 0 bridgehead atoms. The maximum Gasteiger partial charge on any atom is 0.298 e. The number of nitrogen functional groups attached to an aromatic ring is 1. The molecule has 1 aromatic carbocycles. The number of likely N-dealkylation sites (N-methyl/N-ethyl adjacent to an activating group) is 1. The van der Waals surface area contributed by atoms with Crippen LogP contribution in [0.4, 0.5) is 11.7 Å². The Morgan fingerprint density at radius 2 is 2.39 bits per heavy atom. The Morgan fingerprint density at radius 3 is 3.17 bits per heavy atom. The van der Waals surface area contributed by atoms with E-state index in [0.717, 1.165) is 37.1 Å². The van der Waals surface area contributed by atoms with Crippen molar-refractivity contribution in [3.05, 3.63) is 18.2 Å². The van der Waals surface area contributed by atoms with E-state index in [1.54, 1.807) is 0 Å². The summed E-state index contributed by atoms with van der Waals surface area (Å²) < 4.78 is 11.3. The molecule has 0 radical (unpaired) electrons. The molecule has 1 aliphatic heterocycles. The van der Waals surface area contributed by atoms with E-state index in [1.807, 2.05) is 30.1 Å². The van der Waals surface area contributed by atoms with E-state index in [2.05, 4.69) is 4.98 Å². The van der Waals surface area contributed by atoms with Gasteiger partial charge in [-0.1, -0.05) is 0 Å². The number of anilines is 2. The van der Waals surface area contributed by atoms with Crippen molar-refractivity contribution in [2.75, 3.05) is 30.8 Å². The van der Waals surface area contributed by atoms with Crippen molar-refractivity contribution in [1.82, 2.24) is 4.98 Å². The lowest BCUT2D eigenvalue weighted by Gasteiger charge is -2.18. The first-order valence-corrected chi connectivity index (χ1v) is 6.21. The van der Waals surface area contributed by atoms with Gasteiger partial charge >= 0.3 is 0 Å². The molecule has 2 aromatic rings. The Hall–Kier alpha value is -1.75. The van der Waals surface area contributed by atoms with Crippen LogP contribution in [0.3, 0.4) is 0 Å². The molecule has 96 valence electrons. The maximum atomic E-state index is 5.73. The van der Waals surface area contributed by atoms with Crippen molar-refractivity contribution in [2.24, 2.45) is 0 Å². The third-order valence-corrected chi connectivity index (χ3v) is 3.23. The number of hydrogen-bond donors (Lipinski definition) is 1. The van der Waals surface area contributed by atoms with Crippen molar-refractivity contribution in [3.8, 4) is 0 Å². The Bertz CT molecular complexity index is 546. The number of fused-ring (bicyclic) bond motifs is 1. The van der Waals surface area contributed by atoms with E-state index in [4.69, 9.17) is 14.9 Å². The fraction of sp³-hybridized carbons (Fsp3) is 0.462. The Morgan fingerprint density at radius 1 is 1.50 bits per heavy atom. The van der Waals surface area contributed by atoms with Gasteiger partial charge in [0.2, 0.25) is 0 Å². The van der Waals surface area contributed by atoms with Crippen LogP contribution in [0, 0.1) is 0 Å². The van der Waals surface area contributed by atoms with Gasteiger partial charge < -0.3 is 19.8 Å². The lowest BCUT2D eigenvalue weighted by molar-refractivity contribution is 0.115. The van der Waals surface area contributed by atoms with Gasteiger partial charge in [0.1, 0.15) is 5.52 Å². The zero-order valence-electron chi connectivity index (χ0n) is 10.4. The zero-order valence-corrected chi connectivity index (χ0v) is 10.4. The fourth-order valence-electron chi connectivity index (χ4n) is 2.27. The molecule has 0 aliphatic carbocycles. The topological polar surface area (TPSA) is 64.5 Å². The number of nitrogens with two attached hydrogens (primary N) is 1. The summed E-state index contributed by atoms with van der Waals surface area (Å²) in [7, 11) is 1.97. The molecule has 3 rings (SSSR count). The second kappa shape index (κ2) is 4.49. The minimum absolute atomic E-state index is 0.287. The first kappa shape index (κ1) is 11.3. The fourth-order valence-corrected chi connectivity index (χ4v) is 2.27. The second-order valence-corrected chi connectivity index (χ2v) is 4.74. The van der Waals surface area contributed by atoms with Gasteiger partial charge in [0.05, 0.1) is 6.10 Å². The second-order valence-electron chi connectivity index (χ2n) is 4.74. The van der Waals surface area contributed by atoms with Crippen LogP contribution in [-0.4, -0.2) is 31.3 Å². The van der Waals surface area contributed by atoms with E-state index in [-0.39, 0.29) is 6.10 Å². The van der Waals surface area contributed by atoms with E-state index in [9.17, 15) is 0 Å². The minimum atomic E-state index is 0.287. The zero-order chi connectivity index (χ0) is 12.5. The van der Waals surface area contributed by atoms with E-state index >= 15 is 0 Å². The van der Waals surface area contributed by atoms with Crippen LogP contribution >= 0.6 is 0 Å². The van der Waals surface area contributed by atoms with Crippen LogP contribution < -0.4 is 10.6 Å². The molecule has 18 heavy (non-hydrogen) atoms.